The van der Waals surface area contributed by atoms with E-state index in [2.05, 4.69) is 15.4 Å². The van der Waals surface area contributed by atoms with E-state index in [1.807, 2.05) is 0 Å². The summed E-state index contributed by atoms with van der Waals surface area (Å²) in [4.78, 5) is 8.47. The minimum Gasteiger partial charge on any atom is -0.480 e. The van der Waals surface area contributed by atoms with Gasteiger partial charge in [0, 0.05) is 25.6 Å². The van der Waals surface area contributed by atoms with Gasteiger partial charge in [0.05, 0.1) is 13.2 Å². The van der Waals surface area contributed by atoms with E-state index in [4.69, 9.17) is 15.3 Å². The van der Waals surface area contributed by atoms with Crippen LogP contribution in [0.25, 0.3) is 0 Å². The minimum atomic E-state index is -0.0393. The lowest BCUT2D eigenvalue weighted by molar-refractivity contribution is 0.0526. The third kappa shape index (κ3) is 2.71. The van der Waals surface area contributed by atoms with Crippen molar-refractivity contribution in [3.63, 3.8) is 0 Å². The van der Waals surface area contributed by atoms with E-state index in [9.17, 15) is 0 Å². The van der Waals surface area contributed by atoms with Crippen molar-refractivity contribution >= 4 is 0 Å². The van der Waals surface area contributed by atoms with Gasteiger partial charge in [-0.25, -0.2) is 4.98 Å². The Balaban J connectivity index is 2.21. The molecule has 0 saturated carbocycles. The molecule has 3 N–H and O–H groups in total. The van der Waals surface area contributed by atoms with Gasteiger partial charge in [0.1, 0.15) is 5.69 Å². The fourth-order valence-electron chi connectivity index (χ4n) is 2.19. The number of hydrazine groups is 1. The van der Waals surface area contributed by atoms with E-state index >= 15 is 0 Å². The maximum Gasteiger partial charge on any atom is 0.237 e. The molecular weight excluding hydrogens is 220 g/mol. The average molecular weight is 238 g/mol. The van der Waals surface area contributed by atoms with Gasteiger partial charge in [0.25, 0.3) is 0 Å². The van der Waals surface area contributed by atoms with E-state index in [1.54, 1.807) is 19.5 Å². The molecule has 0 aromatic carbocycles. The first-order valence-electron chi connectivity index (χ1n) is 5.75. The predicted molar refractivity (Wildman–Crippen MR) is 62.2 cm³/mol. The normalized spacial score (nSPS) is 18.9. The van der Waals surface area contributed by atoms with Gasteiger partial charge in [0.15, 0.2) is 0 Å². The Morgan fingerprint density at radius 3 is 2.76 bits per heavy atom. The molecule has 0 bridgehead atoms. The van der Waals surface area contributed by atoms with E-state index in [-0.39, 0.29) is 6.04 Å². The van der Waals surface area contributed by atoms with Crippen LogP contribution in [-0.2, 0) is 4.74 Å². The molecule has 1 aliphatic heterocycles. The van der Waals surface area contributed by atoms with Gasteiger partial charge < -0.3 is 9.47 Å². The zero-order valence-corrected chi connectivity index (χ0v) is 9.93. The number of aromatic nitrogens is 2. The minimum absolute atomic E-state index is 0.0393. The molecular formula is C11H18N4O2. The van der Waals surface area contributed by atoms with E-state index in [1.165, 1.54) is 0 Å². The summed E-state index contributed by atoms with van der Waals surface area (Å²) in [6.07, 6.45) is 5.20. The summed E-state index contributed by atoms with van der Waals surface area (Å²) in [6, 6.07) is -0.0393. The van der Waals surface area contributed by atoms with E-state index in [0.29, 0.717) is 11.8 Å². The largest absolute Gasteiger partial charge is 0.480 e. The topological polar surface area (TPSA) is 82.3 Å². The van der Waals surface area contributed by atoms with Crippen molar-refractivity contribution < 1.29 is 9.47 Å². The number of methoxy groups -OCH3 is 1. The molecule has 6 nitrogen and oxygen atoms in total. The van der Waals surface area contributed by atoms with Gasteiger partial charge in [-0.2, -0.15) is 0 Å². The Kier molecular flexibility index (Phi) is 4.24. The van der Waals surface area contributed by atoms with Crippen LogP contribution < -0.4 is 16.0 Å². The maximum absolute atomic E-state index is 5.65. The number of hydrogen-bond acceptors (Lipinski definition) is 6. The van der Waals surface area contributed by atoms with Crippen LogP contribution in [0.2, 0.25) is 0 Å². The highest BCUT2D eigenvalue weighted by Crippen LogP contribution is 2.31. The molecule has 1 atom stereocenters. The second-order valence-electron chi connectivity index (χ2n) is 4.04. The predicted octanol–water partition coefficient (Wildman–Crippen LogP) is 0.416. The van der Waals surface area contributed by atoms with Crippen LogP contribution in [-0.4, -0.2) is 30.3 Å². The monoisotopic (exact) mass is 238 g/mol. The van der Waals surface area contributed by atoms with Crippen LogP contribution in [0.3, 0.4) is 0 Å². The van der Waals surface area contributed by atoms with E-state index in [0.717, 1.165) is 31.7 Å². The van der Waals surface area contributed by atoms with Crippen molar-refractivity contribution in [3.8, 4) is 5.88 Å². The molecule has 0 aliphatic carbocycles. The molecule has 1 aromatic rings. The fourth-order valence-corrected chi connectivity index (χ4v) is 2.19. The second-order valence-corrected chi connectivity index (χ2v) is 4.04. The summed E-state index contributed by atoms with van der Waals surface area (Å²) >= 11 is 0. The van der Waals surface area contributed by atoms with Gasteiger partial charge in [-0.3, -0.25) is 16.3 Å². The Labute approximate surface area is 101 Å². The highest BCUT2D eigenvalue weighted by atomic mass is 16.5. The van der Waals surface area contributed by atoms with Crippen molar-refractivity contribution in [2.75, 3.05) is 20.3 Å². The first kappa shape index (κ1) is 12.2. The molecule has 94 valence electrons. The number of ether oxygens (including phenoxy) is 2. The van der Waals surface area contributed by atoms with Crippen molar-refractivity contribution in [2.45, 2.75) is 18.9 Å². The Hall–Kier alpha value is -1.24. The number of nitrogens with one attached hydrogen (secondary N) is 1. The fraction of sp³-hybridized carbons (Fsp3) is 0.636. The zero-order valence-electron chi connectivity index (χ0n) is 9.93. The quantitative estimate of drug-likeness (QED) is 0.584. The van der Waals surface area contributed by atoms with Crippen LogP contribution in [0.4, 0.5) is 0 Å². The summed E-state index contributed by atoms with van der Waals surface area (Å²) in [5.41, 5.74) is 3.59. The molecule has 6 heteroatoms. The highest BCUT2D eigenvalue weighted by molar-refractivity contribution is 5.21. The molecule has 1 aromatic heterocycles. The molecule has 1 saturated heterocycles. The third-order valence-electron chi connectivity index (χ3n) is 3.10. The highest BCUT2D eigenvalue weighted by Gasteiger charge is 2.28. The molecule has 17 heavy (non-hydrogen) atoms. The smallest absolute Gasteiger partial charge is 0.237 e. The second kappa shape index (κ2) is 5.90. The molecule has 0 radical (unpaired) electrons. The summed E-state index contributed by atoms with van der Waals surface area (Å²) in [7, 11) is 1.59. The van der Waals surface area contributed by atoms with Crippen molar-refractivity contribution in [1.82, 2.24) is 15.4 Å². The van der Waals surface area contributed by atoms with E-state index < -0.39 is 0 Å². The molecule has 2 rings (SSSR count). The first-order valence-corrected chi connectivity index (χ1v) is 5.75. The maximum atomic E-state index is 5.65. The number of hydrogen-bond donors (Lipinski definition) is 2. The molecule has 1 fully saturated rings. The lowest BCUT2D eigenvalue weighted by Crippen LogP contribution is -2.37. The number of nitrogens with zero attached hydrogens (tertiary/aromatic N) is 2. The van der Waals surface area contributed by atoms with Gasteiger partial charge in [-0.05, 0) is 18.8 Å². The Bertz CT molecular complexity index is 355. The molecule has 0 amide bonds. The van der Waals surface area contributed by atoms with Crippen molar-refractivity contribution in [3.05, 3.63) is 18.1 Å². The van der Waals surface area contributed by atoms with Crippen LogP contribution >= 0.6 is 0 Å². The summed E-state index contributed by atoms with van der Waals surface area (Å²) in [6.45, 7) is 1.54. The first-order chi connectivity index (χ1) is 8.36. The molecule has 0 spiro atoms. The third-order valence-corrected chi connectivity index (χ3v) is 3.10. The van der Waals surface area contributed by atoms with Crippen molar-refractivity contribution in [1.29, 1.82) is 0 Å². The summed E-state index contributed by atoms with van der Waals surface area (Å²) in [5, 5.41) is 0. The molecule has 1 aliphatic rings. The van der Waals surface area contributed by atoms with Crippen LogP contribution in [0.1, 0.15) is 24.6 Å². The molecule has 1 unspecified atom stereocenters. The van der Waals surface area contributed by atoms with Crippen LogP contribution in [0.15, 0.2) is 12.4 Å². The number of nitrogens with two attached hydrogens (primary N) is 1. The van der Waals surface area contributed by atoms with Gasteiger partial charge in [0.2, 0.25) is 5.88 Å². The Morgan fingerprint density at radius 2 is 2.12 bits per heavy atom. The van der Waals surface area contributed by atoms with Gasteiger partial charge in [-0.1, -0.05) is 0 Å². The van der Waals surface area contributed by atoms with Crippen molar-refractivity contribution in [2.24, 2.45) is 11.8 Å². The Morgan fingerprint density at radius 1 is 1.41 bits per heavy atom. The lowest BCUT2D eigenvalue weighted by atomic mass is 9.90. The summed E-state index contributed by atoms with van der Waals surface area (Å²) in [5.74, 6) is 6.58. The molecule has 2 heterocycles. The van der Waals surface area contributed by atoms with Gasteiger partial charge in [-0.15, -0.1) is 0 Å². The lowest BCUT2D eigenvalue weighted by Gasteiger charge is -2.29. The zero-order chi connectivity index (χ0) is 12.1. The van der Waals surface area contributed by atoms with Crippen LogP contribution in [0.5, 0.6) is 5.88 Å². The standard InChI is InChI=1S/C11H18N4O2/c1-16-11-10(13-4-5-14-11)9(15-12)8-2-6-17-7-3-8/h4-5,8-9,15H,2-3,6-7,12H2,1H3. The van der Waals surface area contributed by atoms with Crippen LogP contribution in [0, 0.1) is 5.92 Å². The number of rotatable bonds is 4. The average Bonchev–Trinajstić information content (AvgIpc) is 2.41. The SMILES string of the molecule is COc1nccnc1C(NN)C1CCOCC1. The van der Waals surface area contributed by atoms with Gasteiger partial charge >= 0.3 is 0 Å². The summed E-state index contributed by atoms with van der Waals surface area (Å²) < 4.78 is 10.6.